The third kappa shape index (κ3) is 6.64. The zero-order chi connectivity index (χ0) is 24.9. The first-order valence-electron chi connectivity index (χ1n) is 10.5. The Labute approximate surface area is 194 Å². The average molecular weight is 506 g/mol. The summed E-state index contributed by atoms with van der Waals surface area (Å²) in [6.07, 6.45) is -1.59. The Morgan fingerprint density at radius 1 is 1.18 bits per heavy atom. The minimum atomic E-state index is -4.52. The molecule has 0 radical (unpaired) electrons. The van der Waals surface area contributed by atoms with Crippen molar-refractivity contribution in [2.45, 2.75) is 26.1 Å². The number of piperazine rings is 1. The molecular weight excluding hydrogens is 479 g/mol. The molecule has 188 valence electrons. The van der Waals surface area contributed by atoms with Gasteiger partial charge in [-0.05, 0) is 13.8 Å². The Bertz CT molecular complexity index is 1120. The summed E-state index contributed by atoms with van der Waals surface area (Å²) in [4.78, 5) is 20.7. The highest BCUT2D eigenvalue weighted by Gasteiger charge is 2.32. The van der Waals surface area contributed by atoms with E-state index in [0.717, 1.165) is 0 Å². The maximum atomic E-state index is 12.6. The lowest BCUT2D eigenvalue weighted by atomic mass is 10.2. The molecule has 15 heteroatoms. The van der Waals surface area contributed by atoms with Crippen molar-refractivity contribution < 1.29 is 26.3 Å². The summed E-state index contributed by atoms with van der Waals surface area (Å²) in [5, 5.41) is 9.17. The first kappa shape index (κ1) is 25.8. The van der Waals surface area contributed by atoms with E-state index in [1.807, 2.05) is 6.92 Å². The number of nitrogens with one attached hydrogen (secondary N) is 2. The van der Waals surface area contributed by atoms with Gasteiger partial charge >= 0.3 is 6.18 Å². The number of hydrogen-bond donors (Lipinski definition) is 2. The molecule has 0 amide bonds. The van der Waals surface area contributed by atoms with Crippen LogP contribution in [0.25, 0.3) is 0 Å². The Balaban J connectivity index is 1.42. The van der Waals surface area contributed by atoms with Crippen molar-refractivity contribution in [2.24, 2.45) is 0 Å². The third-order valence-corrected chi connectivity index (χ3v) is 7.07. The van der Waals surface area contributed by atoms with E-state index in [1.54, 1.807) is 11.8 Å². The van der Waals surface area contributed by atoms with E-state index in [0.29, 0.717) is 23.6 Å². The van der Waals surface area contributed by atoms with Crippen LogP contribution in [0, 0.1) is 6.92 Å². The summed E-state index contributed by atoms with van der Waals surface area (Å²) in [6, 6.07) is -0.183. The Morgan fingerprint density at radius 2 is 1.82 bits per heavy atom. The van der Waals surface area contributed by atoms with Gasteiger partial charge < -0.3 is 15.0 Å². The van der Waals surface area contributed by atoms with Crippen LogP contribution in [0.2, 0.25) is 0 Å². The van der Waals surface area contributed by atoms with Crippen molar-refractivity contribution in [3.8, 4) is 0 Å². The van der Waals surface area contributed by atoms with Gasteiger partial charge in [-0.25, -0.2) is 23.5 Å². The zero-order valence-corrected chi connectivity index (χ0v) is 19.5. The highest BCUT2D eigenvalue weighted by molar-refractivity contribution is 7.89. The minimum absolute atomic E-state index is 0.0107. The fourth-order valence-electron chi connectivity index (χ4n) is 3.26. The molecule has 1 saturated heterocycles. The fraction of sp³-hybridized carbons (Fsp3) is 0.579. The van der Waals surface area contributed by atoms with E-state index < -0.39 is 21.8 Å². The quantitative estimate of drug-likeness (QED) is 0.476. The second kappa shape index (κ2) is 10.7. The van der Waals surface area contributed by atoms with Gasteiger partial charge in [0.25, 0.3) is 5.56 Å². The summed E-state index contributed by atoms with van der Waals surface area (Å²) >= 11 is 0. The lowest BCUT2D eigenvalue weighted by Gasteiger charge is -2.34. The Hall–Kier alpha value is -2.78. The van der Waals surface area contributed by atoms with Crippen LogP contribution >= 0.6 is 0 Å². The number of nitrogens with zero attached hydrogens (tertiary/aromatic N) is 5. The number of alkyl halides is 3. The van der Waals surface area contributed by atoms with Crippen molar-refractivity contribution in [3.63, 3.8) is 0 Å². The van der Waals surface area contributed by atoms with Crippen LogP contribution in [0.3, 0.4) is 0 Å². The maximum Gasteiger partial charge on any atom is 0.419 e. The molecule has 1 aliphatic heterocycles. The van der Waals surface area contributed by atoms with Gasteiger partial charge in [0.05, 0.1) is 36.4 Å². The van der Waals surface area contributed by atoms with Crippen LogP contribution in [-0.4, -0.2) is 84.1 Å². The molecule has 2 aromatic heterocycles. The molecule has 1 aliphatic rings. The number of aromatic amines is 1. The van der Waals surface area contributed by atoms with Crippen LogP contribution in [0.15, 0.2) is 23.4 Å². The largest absolute Gasteiger partial charge is 0.419 e. The van der Waals surface area contributed by atoms with Gasteiger partial charge in [-0.1, -0.05) is 0 Å². The second-order valence-electron chi connectivity index (χ2n) is 7.83. The van der Waals surface area contributed by atoms with Crippen LogP contribution in [0.1, 0.15) is 18.1 Å². The molecule has 0 bridgehead atoms. The van der Waals surface area contributed by atoms with Crippen LogP contribution < -0.4 is 15.8 Å². The van der Waals surface area contributed by atoms with Gasteiger partial charge in [-0.3, -0.25) is 4.79 Å². The van der Waals surface area contributed by atoms with Gasteiger partial charge in [-0.2, -0.15) is 22.6 Å². The molecule has 0 unspecified atom stereocenters. The minimum Gasteiger partial charge on any atom is -0.379 e. The number of hydrogen-bond acceptors (Lipinski definition) is 9. The lowest BCUT2D eigenvalue weighted by Crippen LogP contribution is -2.50. The van der Waals surface area contributed by atoms with E-state index in [2.05, 4.69) is 25.5 Å². The standard InChI is InChI=1S/C19H26F3N7O4S/c1-13(26-16-11-25-27-17(30)14(16)2)12-33-7-8-34(31,32)29-5-3-28(4-6-29)18-23-9-15(10-24-18)19(20,21)22/h9-11,13H,3-8,12H2,1-2H3,(H2,26,27,30)/t13-/m0/s1. The van der Waals surface area contributed by atoms with E-state index >= 15 is 0 Å². The predicted molar refractivity (Wildman–Crippen MR) is 118 cm³/mol. The fourth-order valence-corrected chi connectivity index (χ4v) is 4.57. The average Bonchev–Trinajstić information content (AvgIpc) is 2.79. The number of ether oxygens (including phenoxy) is 1. The SMILES string of the molecule is Cc1c(N[C@@H](C)COCCS(=O)(=O)N2CCN(c3ncc(C(F)(F)F)cn3)CC2)cn[nH]c1=O. The van der Waals surface area contributed by atoms with Gasteiger partial charge in [0.1, 0.15) is 0 Å². The van der Waals surface area contributed by atoms with Gasteiger partial charge in [0.2, 0.25) is 16.0 Å². The van der Waals surface area contributed by atoms with Crippen molar-refractivity contribution in [2.75, 3.05) is 55.4 Å². The van der Waals surface area contributed by atoms with Crippen LogP contribution in [0.5, 0.6) is 0 Å². The Morgan fingerprint density at radius 3 is 2.44 bits per heavy atom. The predicted octanol–water partition coefficient (Wildman–Crippen LogP) is 0.856. The second-order valence-corrected chi connectivity index (χ2v) is 9.92. The number of halogens is 3. The van der Waals surface area contributed by atoms with Crippen LogP contribution in [0.4, 0.5) is 24.8 Å². The van der Waals surface area contributed by atoms with E-state index in [1.165, 1.54) is 10.5 Å². The first-order valence-corrected chi connectivity index (χ1v) is 12.1. The number of sulfonamides is 1. The molecule has 0 saturated carbocycles. The normalized spacial score (nSPS) is 16.4. The third-order valence-electron chi connectivity index (χ3n) is 5.24. The summed E-state index contributed by atoms with van der Waals surface area (Å²) in [6.45, 7) is 4.55. The van der Waals surface area contributed by atoms with Crippen molar-refractivity contribution in [3.05, 3.63) is 40.1 Å². The smallest absolute Gasteiger partial charge is 0.379 e. The van der Waals surface area contributed by atoms with E-state index in [9.17, 15) is 26.4 Å². The molecule has 1 atom stereocenters. The molecule has 34 heavy (non-hydrogen) atoms. The number of H-pyrrole nitrogens is 1. The lowest BCUT2D eigenvalue weighted by molar-refractivity contribution is -0.138. The molecule has 1 fully saturated rings. The molecule has 0 aliphatic carbocycles. The van der Waals surface area contributed by atoms with E-state index in [4.69, 9.17) is 4.74 Å². The van der Waals surface area contributed by atoms with Crippen molar-refractivity contribution >= 4 is 21.7 Å². The maximum absolute atomic E-state index is 12.6. The van der Waals surface area contributed by atoms with Crippen molar-refractivity contribution in [1.82, 2.24) is 24.5 Å². The zero-order valence-electron chi connectivity index (χ0n) is 18.7. The summed E-state index contributed by atoms with van der Waals surface area (Å²) in [5.74, 6) is -0.0806. The molecule has 11 nitrogen and oxygen atoms in total. The van der Waals surface area contributed by atoms with Crippen LogP contribution in [-0.2, 0) is 20.9 Å². The molecule has 3 heterocycles. The molecule has 2 aromatic rings. The molecule has 0 spiro atoms. The summed E-state index contributed by atoms with van der Waals surface area (Å²) in [5.41, 5.74) is -0.173. The number of rotatable bonds is 9. The number of anilines is 2. The summed E-state index contributed by atoms with van der Waals surface area (Å²) in [7, 11) is -3.57. The van der Waals surface area contributed by atoms with Gasteiger partial charge in [0, 0.05) is 50.2 Å². The molecule has 0 aromatic carbocycles. The summed E-state index contributed by atoms with van der Waals surface area (Å²) < 4.78 is 70.0. The monoisotopic (exact) mass is 505 g/mol. The molecule has 2 N–H and O–H groups in total. The number of aromatic nitrogens is 4. The topological polar surface area (TPSA) is 133 Å². The Kier molecular flexibility index (Phi) is 8.09. The van der Waals surface area contributed by atoms with Gasteiger partial charge in [-0.15, -0.1) is 0 Å². The van der Waals surface area contributed by atoms with E-state index in [-0.39, 0.29) is 62.7 Å². The highest BCUT2D eigenvalue weighted by Crippen LogP contribution is 2.28. The highest BCUT2D eigenvalue weighted by atomic mass is 32.2. The first-order chi connectivity index (χ1) is 16.0. The molecule has 3 rings (SSSR count). The molecular formula is C19H26F3N7O4S. The van der Waals surface area contributed by atoms with Gasteiger partial charge in [0.15, 0.2) is 0 Å². The van der Waals surface area contributed by atoms with Crippen molar-refractivity contribution in [1.29, 1.82) is 0 Å².